The van der Waals surface area contributed by atoms with E-state index >= 15 is 0 Å². The summed E-state index contributed by atoms with van der Waals surface area (Å²) in [4.78, 5) is 27.2. The molecule has 7 nitrogen and oxygen atoms in total. The number of aromatic nitrogens is 2. The summed E-state index contributed by atoms with van der Waals surface area (Å²) in [7, 11) is 1.66. The lowest BCUT2D eigenvalue weighted by molar-refractivity contribution is -0.143. The third-order valence-electron chi connectivity index (χ3n) is 5.51. The van der Waals surface area contributed by atoms with Crippen LogP contribution in [0.2, 0.25) is 0 Å². The van der Waals surface area contributed by atoms with Crippen molar-refractivity contribution in [2.75, 3.05) is 26.8 Å². The van der Waals surface area contributed by atoms with Crippen molar-refractivity contribution in [1.82, 2.24) is 14.7 Å². The first-order chi connectivity index (χ1) is 13.4. The van der Waals surface area contributed by atoms with E-state index in [0.29, 0.717) is 43.6 Å². The minimum absolute atomic E-state index is 0.0389. The van der Waals surface area contributed by atoms with Gasteiger partial charge in [0, 0.05) is 43.4 Å². The SMILES string of the molecule is COCCCN1CCC(C(=O)O)CC1C(=O)c1cccc2cn(C(C)C)nc12. The first-order valence-corrected chi connectivity index (χ1v) is 9.90. The maximum absolute atomic E-state index is 13.5. The number of likely N-dealkylation sites (tertiary alicyclic amines) is 1. The zero-order valence-corrected chi connectivity index (χ0v) is 16.8. The molecule has 0 radical (unpaired) electrons. The number of carboxylic acid groups (broad SMARTS) is 1. The van der Waals surface area contributed by atoms with Crippen LogP contribution in [0.25, 0.3) is 10.9 Å². The van der Waals surface area contributed by atoms with Gasteiger partial charge in [-0.3, -0.25) is 19.2 Å². The molecule has 7 heteroatoms. The molecule has 0 saturated carbocycles. The summed E-state index contributed by atoms with van der Waals surface area (Å²) in [5.41, 5.74) is 1.26. The Morgan fingerprint density at radius 3 is 2.82 bits per heavy atom. The lowest BCUT2D eigenvalue weighted by atomic mass is 9.86. The molecule has 2 atom stereocenters. The van der Waals surface area contributed by atoms with Gasteiger partial charge in [0.05, 0.1) is 12.0 Å². The Hall–Kier alpha value is -2.25. The number of nitrogens with zero attached hydrogens (tertiary/aromatic N) is 3. The zero-order chi connectivity index (χ0) is 20.3. The van der Waals surface area contributed by atoms with Crippen LogP contribution in [0.3, 0.4) is 0 Å². The highest BCUT2D eigenvalue weighted by molar-refractivity contribution is 6.09. The molecule has 152 valence electrons. The predicted molar refractivity (Wildman–Crippen MR) is 107 cm³/mol. The molecule has 0 aliphatic carbocycles. The summed E-state index contributed by atoms with van der Waals surface area (Å²) >= 11 is 0. The van der Waals surface area contributed by atoms with Crippen LogP contribution < -0.4 is 0 Å². The highest BCUT2D eigenvalue weighted by atomic mass is 16.5. The van der Waals surface area contributed by atoms with E-state index in [-0.39, 0.29) is 11.8 Å². The Labute approximate surface area is 165 Å². The van der Waals surface area contributed by atoms with Crippen molar-refractivity contribution in [2.45, 2.75) is 45.2 Å². The first-order valence-electron chi connectivity index (χ1n) is 9.90. The molecule has 0 spiro atoms. The molecule has 1 saturated heterocycles. The number of fused-ring (bicyclic) bond motifs is 1. The molecule has 2 aromatic rings. The van der Waals surface area contributed by atoms with Gasteiger partial charge in [0.25, 0.3) is 0 Å². The number of rotatable bonds is 8. The van der Waals surface area contributed by atoms with E-state index in [0.717, 1.165) is 11.8 Å². The molecular weight excluding hydrogens is 358 g/mol. The van der Waals surface area contributed by atoms with E-state index in [1.54, 1.807) is 13.2 Å². The van der Waals surface area contributed by atoms with E-state index in [2.05, 4.69) is 10.00 Å². The number of hydrogen-bond acceptors (Lipinski definition) is 5. The van der Waals surface area contributed by atoms with Gasteiger partial charge in [0.1, 0.15) is 5.52 Å². The molecule has 1 aliphatic heterocycles. The number of carbonyl (C=O) groups excluding carboxylic acids is 1. The van der Waals surface area contributed by atoms with Gasteiger partial charge in [-0.1, -0.05) is 12.1 Å². The first kappa shape index (κ1) is 20.5. The maximum atomic E-state index is 13.5. The monoisotopic (exact) mass is 387 g/mol. The van der Waals surface area contributed by atoms with Crippen LogP contribution in [0.15, 0.2) is 24.4 Å². The molecule has 1 fully saturated rings. The zero-order valence-electron chi connectivity index (χ0n) is 16.8. The molecule has 3 rings (SSSR count). The van der Waals surface area contributed by atoms with Crippen LogP contribution in [-0.4, -0.2) is 64.4 Å². The molecule has 0 bridgehead atoms. The number of carboxylic acids is 1. The fourth-order valence-electron chi connectivity index (χ4n) is 3.90. The van der Waals surface area contributed by atoms with Gasteiger partial charge < -0.3 is 9.84 Å². The summed E-state index contributed by atoms with van der Waals surface area (Å²) in [5, 5.41) is 15.0. The van der Waals surface area contributed by atoms with Crippen molar-refractivity contribution in [3.63, 3.8) is 0 Å². The van der Waals surface area contributed by atoms with E-state index in [1.165, 1.54) is 0 Å². The van der Waals surface area contributed by atoms with Crippen molar-refractivity contribution in [3.05, 3.63) is 30.0 Å². The molecule has 1 aliphatic rings. The topological polar surface area (TPSA) is 84.7 Å². The molecule has 1 aromatic carbocycles. The van der Waals surface area contributed by atoms with Crippen LogP contribution in [0.4, 0.5) is 0 Å². The third kappa shape index (κ3) is 4.25. The highest BCUT2D eigenvalue weighted by Crippen LogP contribution is 2.28. The number of hydrogen-bond donors (Lipinski definition) is 1. The second-order valence-electron chi connectivity index (χ2n) is 7.77. The van der Waals surface area contributed by atoms with Crippen molar-refractivity contribution in [1.29, 1.82) is 0 Å². The smallest absolute Gasteiger partial charge is 0.306 e. The van der Waals surface area contributed by atoms with Crippen LogP contribution in [0, 0.1) is 5.92 Å². The summed E-state index contributed by atoms with van der Waals surface area (Å²) in [6.07, 6.45) is 3.67. The van der Waals surface area contributed by atoms with Gasteiger partial charge in [-0.25, -0.2) is 0 Å². The lowest BCUT2D eigenvalue weighted by Gasteiger charge is -2.37. The van der Waals surface area contributed by atoms with Gasteiger partial charge in [-0.05, 0) is 45.7 Å². The molecule has 1 N–H and O–H groups in total. The van der Waals surface area contributed by atoms with Gasteiger partial charge in [-0.15, -0.1) is 0 Å². The summed E-state index contributed by atoms with van der Waals surface area (Å²) in [5.74, 6) is -1.35. The summed E-state index contributed by atoms with van der Waals surface area (Å²) in [6.45, 7) is 6.03. The van der Waals surface area contributed by atoms with Crippen LogP contribution in [-0.2, 0) is 9.53 Å². The minimum Gasteiger partial charge on any atom is -0.481 e. The Bertz CT molecular complexity index is 845. The van der Waals surface area contributed by atoms with Gasteiger partial charge in [0.15, 0.2) is 5.78 Å². The van der Waals surface area contributed by atoms with Crippen molar-refractivity contribution in [2.24, 2.45) is 5.92 Å². The van der Waals surface area contributed by atoms with E-state index in [1.807, 2.05) is 36.9 Å². The molecule has 2 unspecified atom stereocenters. The van der Waals surface area contributed by atoms with Gasteiger partial charge in [-0.2, -0.15) is 5.10 Å². The van der Waals surface area contributed by atoms with Crippen LogP contribution >= 0.6 is 0 Å². The average molecular weight is 387 g/mol. The maximum Gasteiger partial charge on any atom is 0.306 e. The van der Waals surface area contributed by atoms with E-state index in [9.17, 15) is 14.7 Å². The Balaban J connectivity index is 1.91. The van der Waals surface area contributed by atoms with Crippen molar-refractivity contribution >= 4 is 22.7 Å². The molecular formula is C21H29N3O4. The molecule has 0 amide bonds. The quantitative estimate of drug-likeness (QED) is 0.554. The Morgan fingerprint density at radius 1 is 1.36 bits per heavy atom. The van der Waals surface area contributed by atoms with Gasteiger partial charge >= 0.3 is 5.97 Å². The third-order valence-corrected chi connectivity index (χ3v) is 5.51. The number of aliphatic carboxylic acids is 1. The number of Topliss-reactive ketones (excluding diaryl/α,β-unsaturated/α-hetero) is 1. The molecule has 28 heavy (non-hydrogen) atoms. The number of carbonyl (C=O) groups is 2. The fraction of sp³-hybridized carbons (Fsp3) is 0.571. The number of ketones is 1. The summed E-state index contributed by atoms with van der Waals surface area (Å²) < 4.78 is 7.00. The lowest BCUT2D eigenvalue weighted by Crippen LogP contribution is -2.49. The van der Waals surface area contributed by atoms with Crippen molar-refractivity contribution < 1.29 is 19.4 Å². The number of benzene rings is 1. The Morgan fingerprint density at radius 2 is 2.14 bits per heavy atom. The number of piperidine rings is 1. The van der Waals surface area contributed by atoms with E-state index < -0.39 is 17.9 Å². The minimum atomic E-state index is -0.823. The Kier molecular flexibility index (Phi) is 6.46. The standard InChI is InChI=1S/C21H29N3O4/c1-14(2)24-13-16-6-4-7-17(19(16)22-24)20(25)18-12-15(21(26)27)8-10-23(18)9-5-11-28-3/h4,6-7,13-15,18H,5,8-12H2,1-3H3,(H,26,27). The largest absolute Gasteiger partial charge is 0.481 e. The number of methoxy groups -OCH3 is 1. The second kappa shape index (κ2) is 8.84. The van der Waals surface area contributed by atoms with Crippen LogP contribution in [0.5, 0.6) is 0 Å². The molecule has 1 aromatic heterocycles. The fourth-order valence-corrected chi connectivity index (χ4v) is 3.90. The second-order valence-corrected chi connectivity index (χ2v) is 7.77. The van der Waals surface area contributed by atoms with Gasteiger partial charge in [0.2, 0.25) is 0 Å². The van der Waals surface area contributed by atoms with Crippen molar-refractivity contribution in [3.8, 4) is 0 Å². The van der Waals surface area contributed by atoms with E-state index in [4.69, 9.17) is 4.74 Å². The van der Waals surface area contributed by atoms with Crippen LogP contribution in [0.1, 0.15) is 49.5 Å². The molecule has 2 heterocycles. The predicted octanol–water partition coefficient (Wildman–Crippen LogP) is 3.00. The summed E-state index contributed by atoms with van der Waals surface area (Å²) in [6, 6.07) is 5.39. The average Bonchev–Trinajstić information content (AvgIpc) is 3.12. The number of ether oxygens (including phenoxy) is 1. The normalized spacial score (nSPS) is 20.7. The highest BCUT2D eigenvalue weighted by Gasteiger charge is 2.37.